The van der Waals surface area contributed by atoms with Gasteiger partial charge in [-0.1, -0.05) is 24.3 Å². The van der Waals surface area contributed by atoms with Gasteiger partial charge in [0.1, 0.15) is 5.69 Å². The fourth-order valence-corrected chi connectivity index (χ4v) is 3.49. The van der Waals surface area contributed by atoms with Crippen molar-refractivity contribution < 1.29 is 14.3 Å². The standard InChI is InChI=1S/C22H28N4O3/c1-2-29-15-5-12-25(22(28)20-16-23-10-11-24-20)14-9-21(27)26-13-8-18-6-3-4-7-19(18)17-26/h3-4,6-7,10-11,16H,2,5,8-9,12-15,17H2,1H3. The molecule has 29 heavy (non-hydrogen) atoms. The molecule has 7 nitrogen and oxygen atoms in total. The molecule has 0 fully saturated rings. The zero-order valence-corrected chi connectivity index (χ0v) is 16.9. The molecule has 1 aromatic carbocycles. The van der Waals surface area contributed by atoms with Gasteiger partial charge in [0.25, 0.3) is 5.91 Å². The van der Waals surface area contributed by atoms with Crippen LogP contribution >= 0.6 is 0 Å². The van der Waals surface area contributed by atoms with Crippen LogP contribution in [0.3, 0.4) is 0 Å². The molecule has 1 aliphatic heterocycles. The summed E-state index contributed by atoms with van der Waals surface area (Å²) in [6.07, 6.45) is 6.38. The minimum Gasteiger partial charge on any atom is -0.382 e. The van der Waals surface area contributed by atoms with E-state index >= 15 is 0 Å². The van der Waals surface area contributed by atoms with Gasteiger partial charge >= 0.3 is 0 Å². The number of amides is 2. The van der Waals surface area contributed by atoms with Crippen molar-refractivity contribution in [2.24, 2.45) is 0 Å². The second-order valence-electron chi connectivity index (χ2n) is 7.02. The lowest BCUT2D eigenvalue weighted by Crippen LogP contribution is -2.40. The summed E-state index contributed by atoms with van der Waals surface area (Å²) in [7, 11) is 0. The van der Waals surface area contributed by atoms with Gasteiger partial charge in [0.2, 0.25) is 5.91 Å². The summed E-state index contributed by atoms with van der Waals surface area (Å²) < 4.78 is 5.38. The molecule has 0 radical (unpaired) electrons. The number of hydrogen-bond acceptors (Lipinski definition) is 5. The van der Waals surface area contributed by atoms with E-state index in [0.717, 1.165) is 13.0 Å². The average molecular weight is 396 g/mol. The van der Waals surface area contributed by atoms with Crippen LogP contribution in [0.5, 0.6) is 0 Å². The third-order valence-corrected chi connectivity index (χ3v) is 5.07. The molecule has 2 amide bonds. The van der Waals surface area contributed by atoms with Gasteiger partial charge in [0, 0.05) is 58.2 Å². The molecule has 0 unspecified atom stereocenters. The number of ether oxygens (including phenoxy) is 1. The van der Waals surface area contributed by atoms with Gasteiger partial charge in [0.15, 0.2) is 0 Å². The summed E-state index contributed by atoms with van der Waals surface area (Å²) in [4.78, 5) is 37.2. The van der Waals surface area contributed by atoms with E-state index in [1.165, 1.54) is 29.7 Å². The Kier molecular flexibility index (Phi) is 7.69. The lowest BCUT2D eigenvalue weighted by Gasteiger charge is -2.30. The first-order valence-corrected chi connectivity index (χ1v) is 10.2. The molecule has 2 aromatic rings. The molecule has 0 atom stereocenters. The third kappa shape index (κ3) is 5.84. The molecule has 1 aliphatic rings. The van der Waals surface area contributed by atoms with Crippen LogP contribution in [0.4, 0.5) is 0 Å². The van der Waals surface area contributed by atoms with Gasteiger partial charge in [-0.3, -0.25) is 14.6 Å². The van der Waals surface area contributed by atoms with Crippen molar-refractivity contribution in [3.05, 3.63) is 59.7 Å². The van der Waals surface area contributed by atoms with Gasteiger partial charge < -0.3 is 14.5 Å². The van der Waals surface area contributed by atoms with E-state index in [1.807, 2.05) is 24.0 Å². The van der Waals surface area contributed by atoms with E-state index in [9.17, 15) is 9.59 Å². The molecular weight excluding hydrogens is 368 g/mol. The van der Waals surface area contributed by atoms with Gasteiger partial charge in [-0.25, -0.2) is 4.98 Å². The molecule has 1 aromatic heterocycles. The molecule has 2 heterocycles. The molecule has 0 saturated heterocycles. The van der Waals surface area contributed by atoms with Crippen LogP contribution in [-0.2, 0) is 22.5 Å². The summed E-state index contributed by atoms with van der Waals surface area (Å²) in [6, 6.07) is 8.24. The summed E-state index contributed by atoms with van der Waals surface area (Å²) in [6.45, 7) is 5.41. The SMILES string of the molecule is CCOCCCN(CCC(=O)N1CCc2ccccc2C1)C(=O)c1cnccn1. The second kappa shape index (κ2) is 10.7. The van der Waals surface area contributed by atoms with Gasteiger partial charge in [0.05, 0.1) is 6.20 Å². The van der Waals surface area contributed by atoms with E-state index in [0.29, 0.717) is 51.4 Å². The van der Waals surface area contributed by atoms with Crippen molar-refractivity contribution in [3.8, 4) is 0 Å². The van der Waals surface area contributed by atoms with Gasteiger partial charge in [-0.2, -0.15) is 0 Å². The van der Waals surface area contributed by atoms with E-state index in [2.05, 4.69) is 22.1 Å². The predicted molar refractivity (Wildman–Crippen MR) is 109 cm³/mol. The zero-order valence-electron chi connectivity index (χ0n) is 16.9. The first kappa shape index (κ1) is 20.9. The Balaban J connectivity index is 1.58. The first-order valence-electron chi connectivity index (χ1n) is 10.2. The van der Waals surface area contributed by atoms with Gasteiger partial charge in [-0.15, -0.1) is 0 Å². The van der Waals surface area contributed by atoms with Crippen LogP contribution in [0, 0.1) is 0 Å². The lowest BCUT2D eigenvalue weighted by atomic mass is 10.00. The normalized spacial score (nSPS) is 13.1. The average Bonchev–Trinajstić information content (AvgIpc) is 2.78. The zero-order chi connectivity index (χ0) is 20.5. The van der Waals surface area contributed by atoms with Crippen LogP contribution in [0.2, 0.25) is 0 Å². The van der Waals surface area contributed by atoms with E-state index in [-0.39, 0.29) is 11.8 Å². The quantitative estimate of drug-likeness (QED) is 0.608. The summed E-state index contributed by atoms with van der Waals surface area (Å²) in [5.74, 6) is -0.132. The lowest BCUT2D eigenvalue weighted by molar-refractivity contribution is -0.132. The first-order chi connectivity index (χ1) is 14.2. The molecule has 0 N–H and O–H groups in total. The molecule has 0 saturated carbocycles. The number of nitrogens with zero attached hydrogens (tertiary/aromatic N) is 4. The summed E-state index contributed by atoms with van der Waals surface area (Å²) in [5.41, 5.74) is 2.81. The second-order valence-corrected chi connectivity index (χ2v) is 7.02. The Morgan fingerprint density at radius 3 is 2.76 bits per heavy atom. The minimum absolute atomic E-state index is 0.0706. The highest BCUT2D eigenvalue weighted by Crippen LogP contribution is 2.19. The van der Waals surface area contributed by atoms with Crippen molar-refractivity contribution in [2.75, 3.05) is 32.8 Å². The largest absolute Gasteiger partial charge is 0.382 e. The highest BCUT2D eigenvalue weighted by Gasteiger charge is 2.23. The van der Waals surface area contributed by atoms with Crippen molar-refractivity contribution in [1.29, 1.82) is 0 Å². The summed E-state index contributed by atoms with van der Waals surface area (Å²) >= 11 is 0. The van der Waals surface area contributed by atoms with Crippen LogP contribution in [0.15, 0.2) is 42.9 Å². The number of rotatable bonds is 9. The Bertz CT molecular complexity index is 813. The highest BCUT2D eigenvalue weighted by molar-refractivity contribution is 5.92. The Morgan fingerprint density at radius 1 is 1.17 bits per heavy atom. The summed E-state index contributed by atoms with van der Waals surface area (Å²) in [5, 5.41) is 0. The van der Waals surface area contributed by atoms with E-state index < -0.39 is 0 Å². The Hall–Kier alpha value is -2.80. The van der Waals surface area contributed by atoms with Crippen LogP contribution < -0.4 is 0 Å². The fraction of sp³-hybridized carbons (Fsp3) is 0.455. The predicted octanol–water partition coefficient (Wildman–Crippen LogP) is 2.32. The third-order valence-electron chi connectivity index (χ3n) is 5.07. The van der Waals surface area contributed by atoms with Crippen molar-refractivity contribution in [2.45, 2.75) is 32.7 Å². The van der Waals surface area contributed by atoms with Crippen LogP contribution in [0.1, 0.15) is 41.4 Å². The van der Waals surface area contributed by atoms with E-state index in [4.69, 9.17) is 4.74 Å². The monoisotopic (exact) mass is 396 g/mol. The number of carbonyl (C=O) groups excluding carboxylic acids is 2. The Morgan fingerprint density at radius 2 is 2.00 bits per heavy atom. The number of carbonyl (C=O) groups is 2. The molecule has 0 bridgehead atoms. The van der Waals surface area contributed by atoms with Gasteiger partial charge in [-0.05, 0) is 30.9 Å². The molecule has 3 rings (SSSR count). The highest BCUT2D eigenvalue weighted by atomic mass is 16.5. The smallest absolute Gasteiger partial charge is 0.274 e. The topological polar surface area (TPSA) is 75.6 Å². The van der Waals surface area contributed by atoms with Crippen LogP contribution in [0.25, 0.3) is 0 Å². The number of aromatic nitrogens is 2. The number of hydrogen-bond donors (Lipinski definition) is 0. The molecule has 0 aliphatic carbocycles. The van der Waals surface area contributed by atoms with Crippen molar-refractivity contribution >= 4 is 11.8 Å². The molecule has 7 heteroatoms. The van der Waals surface area contributed by atoms with E-state index in [1.54, 1.807) is 4.90 Å². The minimum atomic E-state index is -0.202. The Labute approximate surface area is 171 Å². The molecular formula is C22H28N4O3. The van der Waals surface area contributed by atoms with Crippen LogP contribution in [-0.4, -0.2) is 64.4 Å². The fourth-order valence-electron chi connectivity index (χ4n) is 3.49. The number of fused-ring (bicyclic) bond motifs is 1. The maximum Gasteiger partial charge on any atom is 0.274 e. The van der Waals surface area contributed by atoms with Crippen molar-refractivity contribution in [3.63, 3.8) is 0 Å². The maximum absolute atomic E-state index is 12.8. The molecule has 0 spiro atoms. The van der Waals surface area contributed by atoms with Crippen molar-refractivity contribution in [1.82, 2.24) is 19.8 Å². The maximum atomic E-state index is 12.8. The molecule has 154 valence electrons. The number of benzene rings is 1.